The van der Waals surface area contributed by atoms with Gasteiger partial charge < -0.3 is 14.9 Å². The molecule has 2 unspecified atom stereocenters. The first-order valence-electron chi connectivity index (χ1n) is 5.32. The number of esters is 1. The Hall–Kier alpha value is -0.610. The molecular formula is C11H22O4. The van der Waals surface area contributed by atoms with Gasteiger partial charge in [0.25, 0.3) is 0 Å². The van der Waals surface area contributed by atoms with Crippen molar-refractivity contribution in [3.63, 3.8) is 0 Å². The molecule has 0 radical (unpaired) electrons. The fraction of sp³-hybridized carbons (Fsp3) is 0.909. The average molecular weight is 218 g/mol. The van der Waals surface area contributed by atoms with Crippen LogP contribution in [0.1, 0.15) is 34.1 Å². The van der Waals surface area contributed by atoms with E-state index in [2.05, 4.69) is 0 Å². The summed E-state index contributed by atoms with van der Waals surface area (Å²) in [4.78, 5) is 11.7. The maximum atomic E-state index is 11.7. The maximum absolute atomic E-state index is 11.7. The molecule has 15 heavy (non-hydrogen) atoms. The number of hydrogen-bond donors (Lipinski definition) is 2. The third kappa shape index (κ3) is 4.18. The van der Waals surface area contributed by atoms with Crippen molar-refractivity contribution in [3.8, 4) is 0 Å². The second-order valence-electron chi connectivity index (χ2n) is 4.47. The monoisotopic (exact) mass is 218 g/mol. The van der Waals surface area contributed by atoms with E-state index in [1.165, 1.54) is 0 Å². The topological polar surface area (TPSA) is 66.8 Å². The molecule has 2 atom stereocenters. The van der Waals surface area contributed by atoms with Crippen molar-refractivity contribution in [2.75, 3.05) is 13.2 Å². The van der Waals surface area contributed by atoms with Crippen molar-refractivity contribution in [1.29, 1.82) is 0 Å². The van der Waals surface area contributed by atoms with E-state index >= 15 is 0 Å². The van der Waals surface area contributed by atoms with Crippen LogP contribution in [0.5, 0.6) is 0 Å². The van der Waals surface area contributed by atoms with Crippen LogP contribution in [0, 0.1) is 11.3 Å². The summed E-state index contributed by atoms with van der Waals surface area (Å²) in [5.74, 6) is -0.111. The standard InChI is InChI=1S/C11H22O4/c1-5-8(2)11(3,4)10(14)15-7-9(13)6-12/h8-9,12-13H,5-7H2,1-4H3. The van der Waals surface area contributed by atoms with E-state index < -0.39 is 18.1 Å². The molecule has 0 spiro atoms. The maximum Gasteiger partial charge on any atom is 0.311 e. The minimum absolute atomic E-state index is 0.144. The predicted octanol–water partition coefficient (Wildman–Crippen LogP) is 0.955. The smallest absolute Gasteiger partial charge is 0.311 e. The SMILES string of the molecule is CCC(C)C(C)(C)C(=O)OCC(O)CO. The van der Waals surface area contributed by atoms with Crippen LogP contribution in [-0.4, -0.2) is 35.5 Å². The molecule has 0 heterocycles. The molecule has 2 N–H and O–H groups in total. The molecule has 0 bridgehead atoms. The van der Waals surface area contributed by atoms with Crippen LogP contribution >= 0.6 is 0 Å². The fourth-order valence-electron chi connectivity index (χ4n) is 1.12. The van der Waals surface area contributed by atoms with Gasteiger partial charge in [0.15, 0.2) is 0 Å². The van der Waals surface area contributed by atoms with Crippen LogP contribution in [0.3, 0.4) is 0 Å². The summed E-state index contributed by atoms with van der Waals surface area (Å²) in [7, 11) is 0. The molecular weight excluding hydrogens is 196 g/mol. The van der Waals surface area contributed by atoms with Crippen molar-refractivity contribution in [2.45, 2.75) is 40.2 Å². The third-order valence-corrected chi connectivity index (χ3v) is 2.99. The number of carbonyl (C=O) groups excluding carboxylic acids is 1. The van der Waals surface area contributed by atoms with Crippen LogP contribution in [-0.2, 0) is 9.53 Å². The zero-order valence-corrected chi connectivity index (χ0v) is 9.99. The van der Waals surface area contributed by atoms with E-state index in [1.54, 1.807) is 0 Å². The summed E-state index contributed by atoms with van der Waals surface area (Å²) in [6.07, 6.45) is -0.0910. The molecule has 0 fully saturated rings. The molecule has 0 amide bonds. The van der Waals surface area contributed by atoms with Gasteiger partial charge in [-0.25, -0.2) is 0 Å². The van der Waals surface area contributed by atoms with Crippen molar-refractivity contribution in [3.05, 3.63) is 0 Å². The predicted molar refractivity (Wildman–Crippen MR) is 57.3 cm³/mol. The van der Waals surface area contributed by atoms with Crippen LogP contribution in [0.2, 0.25) is 0 Å². The Labute approximate surface area is 91.3 Å². The molecule has 0 saturated carbocycles. The summed E-state index contributed by atoms with van der Waals surface area (Å²) < 4.78 is 4.93. The highest BCUT2D eigenvalue weighted by Crippen LogP contribution is 2.30. The van der Waals surface area contributed by atoms with Crippen molar-refractivity contribution >= 4 is 5.97 Å². The zero-order valence-electron chi connectivity index (χ0n) is 9.99. The third-order valence-electron chi connectivity index (χ3n) is 2.99. The lowest BCUT2D eigenvalue weighted by Gasteiger charge is -2.28. The number of aliphatic hydroxyl groups is 2. The second kappa shape index (κ2) is 6.08. The van der Waals surface area contributed by atoms with Gasteiger partial charge in [0, 0.05) is 0 Å². The van der Waals surface area contributed by atoms with Gasteiger partial charge in [-0.2, -0.15) is 0 Å². The quantitative estimate of drug-likeness (QED) is 0.651. The van der Waals surface area contributed by atoms with Gasteiger partial charge in [-0.15, -0.1) is 0 Å². The molecule has 90 valence electrons. The Balaban J connectivity index is 4.19. The van der Waals surface area contributed by atoms with Gasteiger partial charge in [-0.3, -0.25) is 4.79 Å². The molecule has 0 saturated heterocycles. The number of aliphatic hydroxyl groups excluding tert-OH is 2. The number of carbonyl (C=O) groups is 1. The normalized spacial score (nSPS) is 15.9. The van der Waals surface area contributed by atoms with Crippen LogP contribution in [0.15, 0.2) is 0 Å². The molecule has 0 aliphatic rings. The minimum atomic E-state index is -0.985. The largest absolute Gasteiger partial charge is 0.462 e. The first-order chi connectivity index (χ1) is 6.86. The molecule has 0 rings (SSSR count). The van der Waals surface area contributed by atoms with Gasteiger partial charge in [0.1, 0.15) is 12.7 Å². The van der Waals surface area contributed by atoms with Crippen molar-refractivity contribution < 1.29 is 19.7 Å². The lowest BCUT2D eigenvalue weighted by molar-refractivity contribution is -0.160. The first kappa shape index (κ1) is 14.4. The van der Waals surface area contributed by atoms with Crippen LogP contribution in [0.25, 0.3) is 0 Å². The van der Waals surface area contributed by atoms with Crippen molar-refractivity contribution in [2.24, 2.45) is 11.3 Å². The minimum Gasteiger partial charge on any atom is -0.462 e. The van der Waals surface area contributed by atoms with E-state index in [1.807, 2.05) is 27.7 Å². The number of hydrogen-bond acceptors (Lipinski definition) is 4. The Bertz CT molecular complexity index is 201. The van der Waals surface area contributed by atoms with Gasteiger partial charge in [0.05, 0.1) is 12.0 Å². The molecule has 0 aromatic heterocycles. The average Bonchev–Trinajstić information content (AvgIpc) is 2.23. The lowest BCUT2D eigenvalue weighted by atomic mass is 9.78. The summed E-state index contributed by atoms with van der Waals surface area (Å²) >= 11 is 0. The van der Waals surface area contributed by atoms with E-state index in [9.17, 15) is 4.79 Å². The van der Waals surface area contributed by atoms with Gasteiger partial charge in [0.2, 0.25) is 0 Å². The van der Waals surface area contributed by atoms with E-state index in [0.717, 1.165) is 6.42 Å². The van der Waals surface area contributed by atoms with Gasteiger partial charge in [-0.1, -0.05) is 20.3 Å². The molecule has 4 heteroatoms. The zero-order chi connectivity index (χ0) is 12.1. The number of ether oxygens (including phenoxy) is 1. The van der Waals surface area contributed by atoms with E-state index in [-0.39, 0.29) is 18.5 Å². The summed E-state index contributed by atoms with van der Waals surface area (Å²) in [5.41, 5.74) is -0.552. The van der Waals surface area contributed by atoms with Crippen LogP contribution in [0.4, 0.5) is 0 Å². The Kier molecular flexibility index (Phi) is 5.83. The molecule has 0 aliphatic heterocycles. The van der Waals surface area contributed by atoms with Crippen LogP contribution < -0.4 is 0 Å². The van der Waals surface area contributed by atoms with E-state index in [4.69, 9.17) is 14.9 Å². The highest BCUT2D eigenvalue weighted by molar-refractivity contribution is 5.76. The Morgan fingerprint density at radius 1 is 1.47 bits per heavy atom. The molecule has 0 aliphatic carbocycles. The summed E-state index contributed by atoms with van der Waals surface area (Å²) in [6, 6.07) is 0. The first-order valence-corrected chi connectivity index (χ1v) is 5.32. The van der Waals surface area contributed by atoms with Gasteiger partial charge in [-0.05, 0) is 19.8 Å². The highest BCUT2D eigenvalue weighted by Gasteiger charge is 2.34. The Morgan fingerprint density at radius 2 is 2.00 bits per heavy atom. The summed E-state index contributed by atoms with van der Waals surface area (Å²) in [5, 5.41) is 17.6. The Morgan fingerprint density at radius 3 is 2.40 bits per heavy atom. The fourth-order valence-corrected chi connectivity index (χ4v) is 1.12. The van der Waals surface area contributed by atoms with Gasteiger partial charge >= 0.3 is 5.97 Å². The molecule has 0 aromatic rings. The second-order valence-corrected chi connectivity index (χ2v) is 4.47. The molecule has 4 nitrogen and oxygen atoms in total. The highest BCUT2D eigenvalue weighted by atomic mass is 16.5. The number of rotatable bonds is 6. The van der Waals surface area contributed by atoms with E-state index in [0.29, 0.717) is 0 Å². The molecule has 0 aromatic carbocycles. The summed E-state index contributed by atoms with van der Waals surface area (Å²) in [6.45, 7) is 7.13. The van der Waals surface area contributed by atoms with Crippen molar-refractivity contribution in [1.82, 2.24) is 0 Å². The lowest BCUT2D eigenvalue weighted by Crippen LogP contribution is -2.35.